The van der Waals surface area contributed by atoms with E-state index in [4.69, 9.17) is 28.3 Å². The number of carbonyl (C=O) groups is 1. The number of hydrogen-bond acceptors (Lipinski definition) is 1. The van der Waals surface area contributed by atoms with Gasteiger partial charge in [-0.25, -0.2) is 4.39 Å². The first kappa shape index (κ1) is 8.98. The molecule has 0 aromatic rings. The van der Waals surface area contributed by atoms with Gasteiger partial charge in [-0.05, 0) is 0 Å². The third-order valence-corrected chi connectivity index (χ3v) is 1.00. The first-order chi connectivity index (χ1) is 3.92. The summed E-state index contributed by atoms with van der Waals surface area (Å²) in [7, 11) is 0. The summed E-state index contributed by atoms with van der Waals surface area (Å²) in [4.78, 5) is 9.76. The molecule has 0 rings (SSSR count). The minimum absolute atomic E-state index is 0.358. The molecule has 0 bridgehead atoms. The molecule has 0 aliphatic carbocycles. The van der Waals surface area contributed by atoms with Crippen molar-refractivity contribution in [2.24, 2.45) is 0 Å². The summed E-state index contributed by atoms with van der Waals surface area (Å²) in [6.45, 7) is 0. The highest BCUT2D eigenvalue weighted by Gasteiger charge is 2.22. The molecular formula is C4H5Cl2FO2. The molecule has 0 saturated heterocycles. The summed E-state index contributed by atoms with van der Waals surface area (Å²) in [5, 5.41) is 7.99. The summed E-state index contributed by atoms with van der Waals surface area (Å²) in [6.07, 6.45) is -0.741. The van der Waals surface area contributed by atoms with E-state index in [1.54, 1.807) is 0 Å². The van der Waals surface area contributed by atoms with Crippen molar-refractivity contribution in [3.8, 4) is 0 Å². The monoisotopic (exact) mass is 174 g/mol. The molecule has 0 aliphatic heterocycles. The predicted molar refractivity (Wildman–Crippen MR) is 32.4 cm³/mol. The Hall–Kier alpha value is -0.0200. The molecule has 5 heteroatoms. The topological polar surface area (TPSA) is 37.3 Å². The number of hydrogen-bond donors (Lipinski definition) is 1. The lowest BCUT2D eigenvalue weighted by Gasteiger charge is -2.04. The minimum Gasteiger partial charge on any atom is -0.481 e. The van der Waals surface area contributed by atoms with Crippen LogP contribution in [-0.2, 0) is 4.79 Å². The second-order valence-electron chi connectivity index (χ2n) is 1.51. The first-order valence-corrected chi connectivity index (χ1v) is 2.96. The van der Waals surface area contributed by atoms with Gasteiger partial charge in [-0.2, -0.15) is 0 Å². The maximum absolute atomic E-state index is 12.0. The zero-order valence-corrected chi connectivity index (χ0v) is 5.92. The number of carboxylic acid groups (broad SMARTS) is 1. The highest BCUT2D eigenvalue weighted by atomic mass is 35.5. The van der Waals surface area contributed by atoms with E-state index in [-0.39, 0.29) is 12.8 Å². The van der Waals surface area contributed by atoms with Crippen LogP contribution in [0.2, 0.25) is 0 Å². The van der Waals surface area contributed by atoms with Crippen molar-refractivity contribution >= 4 is 29.2 Å². The Morgan fingerprint density at radius 1 is 1.67 bits per heavy atom. The Morgan fingerprint density at radius 3 is 2.22 bits per heavy atom. The summed E-state index contributed by atoms with van der Waals surface area (Å²) in [6, 6.07) is 0. The highest BCUT2D eigenvalue weighted by Crippen LogP contribution is 2.27. The Morgan fingerprint density at radius 2 is 2.11 bits per heavy atom. The van der Waals surface area contributed by atoms with Gasteiger partial charge in [-0.3, -0.25) is 4.79 Å². The smallest absolute Gasteiger partial charge is 0.303 e. The third-order valence-electron chi connectivity index (χ3n) is 0.622. The molecule has 9 heavy (non-hydrogen) atoms. The van der Waals surface area contributed by atoms with E-state index < -0.39 is 10.6 Å². The van der Waals surface area contributed by atoms with Crippen molar-refractivity contribution in [1.29, 1.82) is 0 Å². The standard InChI is InChI=1S/C4H5Cl2FO2/c5-4(6,7)2-1-3(8)9/h1-2H2,(H,8,9). The number of aliphatic carboxylic acids is 1. The number of rotatable bonds is 3. The minimum atomic E-state index is -2.40. The molecule has 0 radical (unpaired) electrons. The van der Waals surface area contributed by atoms with E-state index in [9.17, 15) is 9.18 Å². The van der Waals surface area contributed by atoms with Crippen LogP contribution < -0.4 is 0 Å². The second-order valence-corrected chi connectivity index (χ2v) is 2.90. The molecule has 0 saturated carbocycles. The van der Waals surface area contributed by atoms with Gasteiger partial charge in [0.05, 0.1) is 6.42 Å². The molecule has 1 N–H and O–H groups in total. The molecule has 2 nitrogen and oxygen atoms in total. The van der Waals surface area contributed by atoms with Crippen molar-refractivity contribution < 1.29 is 14.3 Å². The van der Waals surface area contributed by atoms with Crippen LogP contribution >= 0.6 is 23.2 Å². The molecule has 0 aromatic heterocycles. The van der Waals surface area contributed by atoms with Crippen LogP contribution in [0.5, 0.6) is 0 Å². The summed E-state index contributed by atoms with van der Waals surface area (Å²) in [5.74, 6) is -1.11. The van der Waals surface area contributed by atoms with Crippen molar-refractivity contribution in [3.05, 3.63) is 0 Å². The lowest BCUT2D eigenvalue weighted by atomic mass is 10.3. The molecule has 0 unspecified atom stereocenters. The molecule has 0 aromatic carbocycles. The zero-order valence-electron chi connectivity index (χ0n) is 4.40. The van der Waals surface area contributed by atoms with Crippen LogP contribution in [0.15, 0.2) is 0 Å². The first-order valence-electron chi connectivity index (χ1n) is 2.20. The molecular weight excluding hydrogens is 170 g/mol. The normalized spacial score (nSPS) is 11.4. The maximum Gasteiger partial charge on any atom is 0.303 e. The summed E-state index contributed by atoms with van der Waals surface area (Å²) in [5.41, 5.74) is 0. The van der Waals surface area contributed by atoms with Crippen LogP contribution in [0, 0.1) is 0 Å². The van der Waals surface area contributed by atoms with Crippen LogP contribution in [-0.4, -0.2) is 15.7 Å². The molecule has 54 valence electrons. The lowest BCUT2D eigenvalue weighted by molar-refractivity contribution is -0.137. The van der Waals surface area contributed by atoms with Gasteiger partial charge in [0.15, 0.2) is 0 Å². The van der Waals surface area contributed by atoms with Gasteiger partial charge < -0.3 is 5.11 Å². The fraction of sp³-hybridized carbons (Fsp3) is 0.750. The van der Waals surface area contributed by atoms with Gasteiger partial charge in [-0.1, -0.05) is 23.2 Å². The average molecular weight is 175 g/mol. The number of carboxylic acids is 1. The maximum atomic E-state index is 12.0. The summed E-state index contributed by atoms with van der Waals surface area (Å²) >= 11 is 9.63. The van der Waals surface area contributed by atoms with E-state index in [2.05, 4.69) is 0 Å². The molecule has 0 atom stereocenters. The third kappa shape index (κ3) is 7.98. The average Bonchev–Trinajstić information content (AvgIpc) is 1.59. The Kier molecular flexibility index (Phi) is 3.22. The molecule has 0 fully saturated rings. The van der Waals surface area contributed by atoms with E-state index in [1.807, 2.05) is 0 Å². The summed E-state index contributed by atoms with van der Waals surface area (Å²) < 4.78 is 9.61. The fourth-order valence-corrected chi connectivity index (χ4v) is 0.438. The van der Waals surface area contributed by atoms with Gasteiger partial charge >= 0.3 is 5.97 Å². The van der Waals surface area contributed by atoms with Crippen molar-refractivity contribution in [1.82, 2.24) is 0 Å². The van der Waals surface area contributed by atoms with E-state index in [0.717, 1.165) is 0 Å². The quantitative estimate of drug-likeness (QED) is 0.665. The molecule has 0 spiro atoms. The van der Waals surface area contributed by atoms with Gasteiger partial charge in [0.2, 0.25) is 0 Å². The van der Waals surface area contributed by atoms with Gasteiger partial charge in [0, 0.05) is 6.42 Å². The number of halogens is 3. The van der Waals surface area contributed by atoms with Crippen LogP contribution in [0.1, 0.15) is 12.8 Å². The van der Waals surface area contributed by atoms with Gasteiger partial charge in [0.25, 0.3) is 4.59 Å². The van der Waals surface area contributed by atoms with E-state index >= 15 is 0 Å². The SMILES string of the molecule is O=C(O)CCC(F)(Cl)Cl. The Balaban J connectivity index is 3.39. The van der Waals surface area contributed by atoms with Gasteiger partial charge in [-0.15, -0.1) is 0 Å². The highest BCUT2D eigenvalue weighted by molar-refractivity contribution is 6.47. The van der Waals surface area contributed by atoms with E-state index in [0.29, 0.717) is 0 Å². The van der Waals surface area contributed by atoms with Crippen LogP contribution in [0.3, 0.4) is 0 Å². The van der Waals surface area contributed by atoms with Crippen molar-refractivity contribution in [2.75, 3.05) is 0 Å². The lowest BCUT2D eigenvalue weighted by Crippen LogP contribution is -2.07. The Bertz CT molecular complexity index is 110. The van der Waals surface area contributed by atoms with Crippen LogP contribution in [0.4, 0.5) is 4.39 Å². The van der Waals surface area contributed by atoms with Crippen molar-refractivity contribution in [2.45, 2.75) is 17.4 Å². The zero-order chi connectivity index (χ0) is 7.49. The van der Waals surface area contributed by atoms with Crippen LogP contribution in [0.25, 0.3) is 0 Å². The van der Waals surface area contributed by atoms with Gasteiger partial charge in [0.1, 0.15) is 0 Å². The van der Waals surface area contributed by atoms with E-state index in [1.165, 1.54) is 0 Å². The largest absolute Gasteiger partial charge is 0.481 e. The fourth-order valence-electron chi connectivity index (χ4n) is 0.249. The second kappa shape index (κ2) is 3.22. The van der Waals surface area contributed by atoms with Crippen molar-refractivity contribution in [3.63, 3.8) is 0 Å². The Labute approximate surface area is 61.6 Å². The number of alkyl halides is 3. The molecule has 0 amide bonds. The predicted octanol–water partition coefficient (Wildman–Crippen LogP) is 1.95. The molecule has 0 aliphatic rings. The molecule has 0 heterocycles.